The van der Waals surface area contributed by atoms with Gasteiger partial charge in [-0.2, -0.15) is 14.9 Å². The number of likely N-dealkylation sites (tertiary alicyclic amines) is 1. The predicted octanol–water partition coefficient (Wildman–Crippen LogP) is 5.14. The Balaban J connectivity index is 1.10. The van der Waals surface area contributed by atoms with Crippen LogP contribution in [0.15, 0.2) is 12.3 Å². The summed E-state index contributed by atoms with van der Waals surface area (Å²) >= 11 is 0. The maximum absolute atomic E-state index is 13.4. The van der Waals surface area contributed by atoms with Crippen LogP contribution in [0.5, 0.6) is 0 Å². The molecule has 13 heteroatoms. The molecular formula is C33H48N8O5. The lowest BCUT2D eigenvalue weighted by atomic mass is 9.96. The number of nitriles is 1. The van der Waals surface area contributed by atoms with Gasteiger partial charge >= 0.3 is 12.2 Å². The van der Waals surface area contributed by atoms with Crippen LogP contribution in [-0.2, 0) is 14.2 Å². The van der Waals surface area contributed by atoms with Crippen molar-refractivity contribution >= 4 is 29.5 Å². The molecule has 4 fully saturated rings. The van der Waals surface area contributed by atoms with Crippen LogP contribution < -0.4 is 10.6 Å². The van der Waals surface area contributed by atoms with Gasteiger partial charge in [-0.05, 0) is 71.1 Å². The molecule has 0 unspecified atom stereocenters. The molecule has 2 N–H and O–H groups in total. The van der Waals surface area contributed by atoms with E-state index < -0.39 is 5.60 Å². The van der Waals surface area contributed by atoms with Gasteiger partial charge in [0.05, 0.1) is 18.8 Å². The number of anilines is 2. The number of amides is 2. The summed E-state index contributed by atoms with van der Waals surface area (Å²) in [5.41, 5.74) is 1.34. The van der Waals surface area contributed by atoms with Crippen LogP contribution in [0.1, 0.15) is 91.0 Å². The number of ether oxygens (including phenoxy) is 3. The SMILES string of the molecule is CC(C)c1cnn2c(NC3C[C@H]4CC[C@H](C3)N4C(=O)O[C@@H]3CCN(C(=O)OC(C)(C)C)C3)cc(NC[C@@H]3CCO[C@@H](C#N)C3)nc12. The number of aromatic nitrogens is 3. The van der Waals surface area contributed by atoms with Gasteiger partial charge in [-0.1, -0.05) is 13.8 Å². The maximum Gasteiger partial charge on any atom is 0.410 e. The summed E-state index contributed by atoms with van der Waals surface area (Å²) in [4.78, 5) is 34.4. The van der Waals surface area contributed by atoms with Crippen molar-refractivity contribution in [3.8, 4) is 6.07 Å². The Morgan fingerprint density at radius 3 is 2.59 bits per heavy atom. The summed E-state index contributed by atoms with van der Waals surface area (Å²) in [5.74, 6) is 2.25. The standard InChI is InChI=1S/C33H48N8O5/c1-20(2)27-18-36-41-29(15-28(38-30(27)41)35-17-21-9-11-44-26(12-21)16-34)37-22-13-23-6-7-24(14-22)40(23)32(43)45-25-8-10-39(19-25)31(42)46-33(3,4)5/h15,18,20-26,37H,6-14,17,19H2,1-5H3,(H,35,38)/t21-,23-,24-,25-,26-/m1/s1. The number of carbonyl (C=O) groups excluding carboxylic acids is 2. The zero-order chi connectivity index (χ0) is 32.6. The fourth-order valence-corrected chi connectivity index (χ4v) is 7.29. The molecule has 4 aliphatic heterocycles. The largest absolute Gasteiger partial charge is 0.444 e. The van der Waals surface area contributed by atoms with Gasteiger partial charge in [-0.3, -0.25) is 0 Å². The fourth-order valence-electron chi connectivity index (χ4n) is 7.29. The zero-order valence-corrected chi connectivity index (χ0v) is 27.7. The molecule has 5 atom stereocenters. The third-order valence-electron chi connectivity index (χ3n) is 9.59. The van der Waals surface area contributed by atoms with Crippen LogP contribution in [0.2, 0.25) is 0 Å². The molecule has 0 radical (unpaired) electrons. The van der Waals surface area contributed by atoms with Crippen molar-refractivity contribution in [3.63, 3.8) is 0 Å². The molecule has 0 aliphatic carbocycles. The van der Waals surface area contributed by atoms with E-state index >= 15 is 0 Å². The third-order valence-corrected chi connectivity index (χ3v) is 9.59. The van der Waals surface area contributed by atoms with Crippen molar-refractivity contribution in [2.24, 2.45) is 5.92 Å². The number of nitrogens with zero attached hydrogens (tertiary/aromatic N) is 6. The van der Waals surface area contributed by atoms with Crippen molar-refractivity contribution in [1.29, 1.82) is 5.26 Å². The number of carbonyl (C=O) groups is 2. The molecule has 0 saturated carbocycles. The van der Waals surface area contributed by atoms with Crippen LogP contribution >= 0.6 is 0 Å². The molecular weight excluding hydrogens is 588 g/mol. The second-order valence-corrected chi connectivity index (χ2v) is 14.6. The monoisotopic (exact) mass is 636 g/mol. The van der Waals surface area contributed by atoms with Crippen molar-refractivity contribution in [1.82, 2.24) is 24.4 Å². The fraction of sp³-hybridized carbons (Fsp3) is 0.727. The molecule has 2 amide bonds. The highest BCUT2D eigenvalue weighted by Crippen LogP contribution is 2.38. The first-order valence-corrected chi connectivity index (χ1v) is 16.8. The summed E-state index contributed by atoms with van der Waals surface area (Å²) in [6.07, 6.45) is 6.32. The first-order valence-electron chi connectivity index (χ1n) is 16.8. The van der Waals surface area contributed by atoms with E-state index in [1.807, 2.05) is 42.4 Å². The summed E-state index contributed by atoms with van der Waals surface area (Å²) in [5, 5.41) is 21.3. The molecule has 46 heavy (non-hydrogen) atoms. The van der Waals surface area contributed by atoms with Crippen molar-refractivity contribution in [2.45, 2.75) is 121 Å². The second kappa shape index (κ2) is 13.1. The molecule has 6 rings (SSSR count). The van der Waals surface area contributed by atoms with Gasteiger partial charge in [0.15, 0.2) is 5.65 Å². The molecule has 0 aromatic carbocycles. The van der Waals surface area contributed by atoms with Gasteiger partial charge in [-0.25, -0.2) is 14.6 Å². The summed E-state index contributed by atoms with van der Waals surface area (Å²) in [6.45, 7) is 12.0. The smallest absolute Gasteiger partial charge is 0.410 e. The van der Waals surface area contributed by atoms with Gasteiger partial charge in [0.2, 0.25) is 0 Å². The average molecular weight is 637 g/mol. The van der Waals surface area contributed by atoms with E-state index in [4.69, 9.17) is 24.3 Å². The Morgan fingerprint density at radius 1 is 1.13 bits per heavy atom. The highest BCUT2D eigenvalue weighted by atomic mass is 16.6. The van der Waals surface area contributed by atoms with Gasteiger partial charge in [0, 0.05) is 55.9 Å². The van der Waals surface area contributed by atoms with E-state index in [0.717, 1.165) is 61.5 Å². The molecule has 2 aromatic rings. The molecule has 0 spiro atoms. The molecule has 250 valence electrons. The topological polar surface area (TPSA) is 146 Å². The minimum absolute atomic E-state index is 0.0903. The molecule has 13 nitrogen and oxygen atoms in total. The first kappa shape index (κ1) is 32.2. The second-order valence-electron chi connectivity index (χ2n) is 14.6. The minimum Gasteiger partial charge on any atom is -0.444 e. The zero-order valence-electron chi connectivity index (χ0n) is 27.7. The van der Waals surface area contributed by atoms with Crippen LogP contribution in [0.25, 0.3) is 5.65 Å². The lowest BCUT2D eigenvalue weighted by molar-refractivity contribution is 0.0203. The van der Waals surface area contributed by atoms with Gasteiger partial charge < -0.3 is 34.6 Å². The number of fused-ring (bicyclic) bond motifs is 3. The Kier molecular flexibility index (Phi) is 9.19. The number of piperidine rings is 1. The van der Waals surface area contributed by atoms with E-state index in [0.29, 0.717) is 38.5 Å². The predicted molar refractivity (Wildman–Crippen MR) is 172 cm³/mol. The van der Waals surface area contributed by atoms with Gasteiger partial charge in [0.1, 0.15) is 29.4 Å². The van der Waals surface area contributed by atoms with Crippen LogP contribution in [0.4, 0.5) is 21.2 Å². The normalized spacial score (nSPS) is 27.9. The van der Waals surface area contributed by atoms with E-state index in [1.54, 1.807) is 4.90 Å². The third kappa shape index (κ3) is 7.12. The van der Waals surface area contributed by atoms with Crippen LogP contribution in [0, 0.1) is 17.2 Å². The van der Waals surface area contributed by atoms with E-state index in [2.05, 4.69) is 30.6 Å². The maximum atomic E-state index is 13.4. The Labute approximate surface area is 270 Å². The number of hydrogen-bond acceptors (Lipinski definition) is 10. The summed E-state index contributed by atoms with van der Waals surface area (Å²) in [7, 11) is 0. The van der Waals surface area contributed by atoms with Crippen LogP contribution in [-0.4, -0.2) is 98.8 Å². The molecule has 4 aliphatic rings. The lowest BCUT2D eigenvalue weighted by Gasteiger charge is -2.39. The molecule has 2 aromatic heterocycles. The van der Waals surface area contributed by atoms with E-state index in [9.17, 15) is 14.9 Å². The first-order chi connectivity index (χ1) is 22.0. The lowest BCUT2D eigenvalue weighted by Crippen LogP contribution is -2.50. The number of hydrogen-bond donors (Lipinski definition) is 2. The van der Waals surface area contributed by atoms with Crippen molar-refractivity contribution in [3.05, 3.63) is 17.8 Å². The average Bonchev–Trinajstić information content (AvgIpc) is 3.72. The molecule has 4 saturated heterocycles. The summed E-state index contributed by atoms with van der Waals surface area (Å²) < 4.78 is 18.9. The Bertz CT molecular complexity index is 1450. The Hall–Kier alpha value is -3.79. The molecule has 2 bridgehead atoms. The van der Waals surface area contributed by atoms with Crippen LogP contribution in [0.3, 0.4) is 0 Å². The highest BCUT2D eigenvalue weighted by Gasteiger charge is 2.45. The number of nitrogens with one attached hydrogen (secondary N) is 2. The Morgan fingerprint density at radius 2 is 1.89 bits per heavy atom. The van der Waals surface area contributed by atoms with Gasteiger partial charge in [-0.15, -0.1) is 0 Å². The van der Waals surface area contributed by atoms with Crippen molar-refractivity contribution < 1.29 is 23.8 Å². The highest BCUT2D eigenvalue weighted by molar-refractivity contribution is 5.71. The van der Waals surface area contributed by atoms with Crippen molar-refractivity contribution in [2.75, 3.05) is 36.9 Å². The van der Waals surface area contributed by atoms with E-state index in [1.165, 1.54) is 0 Å². The quantitative estimate of drug-likeness (QED) is 0.419. The van der Waals surface area contributed by atoms with E-state index in [-0.39, 0.29) is 48.4 Å². The molecule has 6 heterocycles. The van der Waals surface area contributed by atoms with Gasteiger partial charge in [0.25, 0.3) is 0 Å². The summed E-state index contributed by atoms with van der Waals surface area (Å²) in [6, 6.07) is 4.60. The number of rotatable bonds is 7. The minimum atomic E-state index is -0.564.